The highest BCUT2D eigenvalue weighted by atomic mass is 16.1. The first kappa shape index (κ1) is 22.6. The van der Waals surface area contributed by atoms with Crippen molar-refractivity contribution in [3.63, 3.8) is 0 Å². The van der Waals surface area contributed by atoms with Crippen molar-refractivity contribution in [3.05, 3.63) is 90.1 Å². The highest BCUT2D eigenvalue weighted by Gasteiger charge is 2.16. The number of aromatic nitrogens is 4. The molecular weight excluding hydrogens is 438 g/mol. The Morgan fingerprint density at radius 1 is 1.00 bits per heavy atom. The maximum atomic E-state index is 12.9. The van der Waals surface area contributed by atoms with E-state index in [0.29, 0.717) is 23.1 Å². The summed E-state index contributed by atoms with van der Waals surface area (Å²) in [5.41, 5.74) is 5.58. The minimum absolute atomic E-state index is 0.222. The number of piperidine rings is 1. The molecule has 35 heavy (non-hydrogen) atoms. The minimum Gasteiger partial charge on any atom is -0.323 e. The number of aryl methyl sites for hydroxylation is 1. The number of rotatable bonds is 6. The van der Waals surface area contributed by atoms with Gasteiger partial charge in [0.05, 0.1) is 22.6 Å². The maximum Gasteiger partial charge on any atom is 0.257 e. The van der Waals surface area contributed by atoms with Crippen LogP contribution >= 0.6 is 0 Å². The summed E-state index contributed by atoms with van der Waals surface area (Å²) in [6.07, 6.45) is 9.02. The molecule has 0 saturated carbocycles. The van der Waals surface area contributed by atoms with Crippen LogP contribution in [0.5, 0.6) is 0 Å². The molecule has 3 N–H and O–H groups in total. The molecule has 1 aromatic carbocycles. The van der Waals surface area contributed by atoms with Gasteiger partial charge in [-0.25, -0.2) is 9.97 Å². The van der Waals surface area contributed by atoms with Gasteiger partial charge in [-0.2, -0.15) is 0 Å². The molecule has 0 spiro atoms. The van der Waals surface area contributed by atoms with Crippen molar-refractivity contribution in [2.45, 2.75) is 25.7 Å². The fraction of sp³-hybridized carbons (Fsp3) is 0.222. The van der Waals surface area contributed by atoms with Crippen molar-refractivity contribution in [3.8, 4) is 11.3 Å². The molecule has 1 saturated heterocycles. The van der Waals surface area contributed by atoms with Gasteiger partial charge in [0.15, 0.2) is 0 Å². The van der Waals surface area contributed by atoms with Gasteiger partial charge in [-0.1, -0.05) is 12.1 Å². The Balaban J connectivity index is 1.29. The Bertz CT molecular complexity index is 1300. The summed E-state index contributed by atoms with van der Waals surface area (Å²) in [5, 5.41) is 9.56. The molecule has 0 radical (unpaired) electrons. The van der Waals surface area contributed by atoms with Crippen molar-refractivity contribution in [2.75, 3.05) is 23.7 Å². The zero-order valence-corrected chi connectivity index (χ0v) is 19.5. The third-order valence-electron chi connectivity index (χ3n) is 6.19. The van der Waals surface area contributed by atoms with Gasteiger partial charge in [0.25, 0.3) is 5.91 Å². The van der Waals surface area contributed by atoms with Crippen LogP contribution in [0.25, 0.3) is 11.3 Å². The van der Waals surface area contributed by atoms with E-state index < -0.39 is 0 Å². The van der Waals surface area contributed by atoms with E-state index in [9.17, 15) is 4.79 Å². The standard InChI is InChI=1S/C27H27N7O/c1-18-25(34-27-30-14-10-24(33-27)21-3-2-11-29-16-21)15-22(17-31-18)26(35)32-23-6-4-19(5-7-23)20-8-12-28-13-9-20/h2-7,10-11,14-17,20,28H,8-9,12-13H2,1H3,(H,32,35)(H,30,33,34). The summed E-state index contributed by atoms with van der Waals surface area (Å²) in [5.74, 6) is 0.775. The summed E-state index contributed by atoms with van der Waals surface area (Å²) in [7, 11) is 0. The number of hydrogen-bond donors (Lipinski definition) is 3. The lowest BCUT2D eigenvalue weighted by atomic mass is 9.90. The van der Waals surface area contributed by atoms with Crippen molar-refractivity contribution in [2.24, 2.45) is 0 Å². The Morgan fingerprint density at radius 3 is 2.60 bits per heavy atom. The summed E-state index contributed by atoms with van der Waals surface area (Å²) < 4.78 is 0. The fourth-order valence-electron chi connectivity index (χ4n) is 4.20. The van der Waals surface area contributed by atoms with E-state index in [1.165, 1.54) is 5.56 Å². The first-order chi connectivity index (χ1) is 17.2. The molecule has 5 rings (SSSR count). The number of pyridine rings is 2. The van der Waals surface area contributed by atoms with Gasteiger partial charge >= 0.3 is 0 Å². The predicted octanol–water partition coefficient (Wildman–Crippen LogP) is 4.70. The molecule has 4 heterocycles. The Morgan fingerprint density at radius 2 is 1.83 bits per heavy atom. The zero-order valence-electron chi connectivity index (χ0n) is 19.5. The van der Waals surface area contributed by atoms with Crippen LogP contribution in [0.2, 0.25) is 0 Å². The van der Waals surface area contributed by atoms with Crippen LogP contribution in [-0.2, 0) is 0 Å². The molecule has 4 aromatic rings. The van der Waals surface area contributed by atoms with Gasteiger partial charge in [0.1, 0.15) is 0 Å². The number of benzene rings is 1. The second-order valence-corrected chi connectivity index (χ2v) is 8.59. The van der Waals surface area contributed by atoms with Gasteiger partial charge in [0.2, 0.25) is 5.95 Å². The number of carbonyl (C=O) groups excluding carboxylic acids is 1. The first-order valence-electron chi connectivity index (χ1n) is 11.7. The monoisotopic (exact) mass is 465 g/mol. The summed E-state index contributed by atoms with van der Waals surface area (Å²) in [4.78, 5) is 30.4. The van der Waals surface area contributed by atoms with Crippen LogP contribution in [0.4, 0.5) is 17.3 Å². The van der Waals surface area contributed by atoms with Gasteiger partial charge in [-0.3, -0.25) is 14.8 Å². The third-order valence-corrected chi connectivity index (χ3v) is 6.19. The second kappa shape index (κ2) is 10.4. The van der Waals surface area contributed by atoms with Crippen molar-refractivity contribution < 1.29 is 4.79 Å². The van der Waals surface area contributed by atoms with E-state index in [-0.39, 0.29) is 5.91 Å². The highest BCUT2D eigenvalue weighted by molar-refractivity contribution is 6.04. The molecule has 8 nitrogen and oxygen atoms in total. The number of anilines is 3. The van der Waals surface area contributed by atoms with Crippen LogP contribution < -0.4 is 16.0 Å². The van der Waals surface area contributed by atoms with Crippen LogP contribution in [0.1, 0.15) is 40.4 Å². The molecule has 0 bridgehead atoms. The molecule has 8 heteroatoms. The van der Waals surface area contributed by atoms with Crippen LogP contribution in [0, 0.1) is 6.92 Å². The third kappa shape index (κ3) is 5.50. The van der Waals surface area contributed by atoms with E-state index in [2.05, 4.69) is 48.0 Å². The molecule has 0 aliphatic carbocycles. The van der Waals surface area contributed by atoms with Crippen molar-refractivity contribution in [1.29, 1.82) is 0 Å². The van der Waals surface area contributed by atoms with Crippen molar-refractivity contribution in [1.82, 2.24) is 25.3 Å². The molecule has 176 valence electrons. The average molecular weight is 466 g/mol. The normalized spacial score (nSPS) is 13.9. The lowest BCUT2D eigenvalue weighted by Gasteiger charge is -2.23. The van der Waals surface area contributed by atoms with Gasteiger partial charge < -0.3 is 16.0 Å². The zero-order chi connectivity index (χ0) is 24.0. The molecule has 1 aliphatic rings. The SMILES string of the molecule is Cc1ncc(C(=O)Nc2ccc(C3CCNCC3)cc2)cc1Nc1nccc(-c2cccnc2)n1. The quantitative estimate of drug-likeness (QED) is 0.379. The summed E-state index contributed by atoms with van der Waals surface area (Å²) >= 11 is 0. The van der Waals surface area contributed by atoms with Gasteiger partial charge in [-0.15, -0.1) is 0 Å². The van der Waals surface area contributed by atoms with Gasteiger partial charge in [0, 0.05) is 36.0 Å². The average Bonchev–Trinajstić information content (AvgIpc) is 2.91. The fourth-order valence-corrected chi connectivity index (χ4v) is 4.20. The van der Waals surface area contributed by atoms with E-state index in [4.69, 9.17) is 0 Å². The van der Waals surface area contributed by atoms with E-state index >= 15 is 0 Å². The summed E-state index contributed by atoms with van der Waals surface area (Å²) in [6, 6.07) is 15.5. The number of hydrogen-bond acceptors (Lipinski definition) is 7. The molecule has 3 aromatic heterocycles. The largest absolute Gasteiger partial charge is 0.323 e. The lowest BCUT2D eigenvalue weighted by molar-refractivity contribution is 0.102. The summed E-state index contributed by atoms with van der Waals surface area (Å²) in [6.45, 7) is 3.98. The smallest absolute Gasteiger partial charge is 0.257 e. The topological polar surface area (TPSA) is 105 Å². The Hall–Kier alpha value is -4.17. The van der Waals surface area contributed by atoms with Crippen LogP contribution in [0.3, 0.4) is 0 Å². The molecule has 1 fully saturated rings. The molecule has 0 atom stereocenters. The van der Waals surface area contributed by atoms with E-state index in [1.54, 1.807) is 30.9 Å². The second-order valence-electron chi connectivity index (χ2n) is 8.59. The van der Waals surface area contributed by atoms with Crippen LogP contribution in [0.15, 0.2) is 73.3 Å². The Kier molecular flexibility index (Phi) is 6.72. The first-order valence-corrected chi connectivity index (χ1v) is 11.7. The predicted molar refractivity (Wildman–Crippen MR) is 137 cm³/mol. The molecular formula is C27H27N7O. The lowest BCUT2D eigenvalue weighted by Crippen LogP contribution is -2.26. The molecule has 1 aliphatic heterocycles. The van der Waals surface area contributed by atoms with Crippen molar-refractivity contribution >= 4 is 23.2 Å². The Labute approximate surface area is 204 Å². The number of carbonyl (C=O) groups is 1. The number of nitrogens with one attached hydrogen (secondary N) is 3. The van der Waals surface area contributed by atoms with Gasteiger partial charge in [-0.05, 0) is 80.7 Å². The van der Waals surface area contributed by atoms with E-state index in [0.717, 1.165) is 48.6 Å². The highest BCUT2D eigenvalue weighted by Crippen LogP contribution is 2.26. The minimum atomic E-state index is -0.222. The number of amides is 1. The van der Waals surface area contributed by atoms with E-state index in [1.807, 2.05) is 37.3 Å². The maximum absolute atomic E-state index is 12.9. The van der Waals surface area contributed by atoms with Crippen LogP contribution in [-0.4, -0.2) is 38.9 Å². The molecule has 0 unspecified atom stereocenters. The molecule has 1 amide bonds. The number of nitrogens with zero attached hydrogens (tertiary/aromatic N) is 4.